The fourth-order valence-corrected chi connectivity index (χ4v) is 6.81. The number of piperidine rings is 1. The van der Waals surface area contributed by atoms with E-state index in [1.165, 1.54) is 18.3 Å². The molecule has 0 unspecified atom stereocenters. The van der Waals surface area contributed by atoms with Gasteiger partial charge in [-0.15, -0.1) is 11.3 Å². The number of anilines is 1. The molecule has 0 aliphatic carbocycles. The monoisotopic (exact) mass is 697 g/mol. The average Bonchev–Trinajstić information content (AvgIpc) is 3.51. The maximum absolute atomic E-state index is 13.4. The van der Waals surface area contributed by atoms with E-state index in [9.17, 15) is 24.0 Å². The van der Waals surface area contributed by atoms with Gasteiger partial charge >= 0.3 is 11.9 Å². The highest BCUT2D eigenvalue weighted by atomic mass is 32.1. The molecule has 3 N–H and O–H groups in total. The number of amides is 3. The van der Waals surface area contributed by atoms with Crippen LogP contribution >= 0.6 is 11.3 Å². The number of aromatic nitrogens is 1. The summed E-state index contributed by atoms with van der Waals surface area (Å²) in [6.07, 6.45) is 3.91. The Morgan fingerprint density at radius 2 is 1.70 bits per heavy atom. The van der Waals surface area contributed by atoms with E-state index in [1.54, 1.807) is 5.38 Å². The molecule has 3 rings (SSSR count). The van der Waals surface area contributed by atoms with Crippen LogP contribution in [0.3, 0.4) is 0 Å². The summed E-state index contributed by atoms with van der Waals surface area (Å²) in [7, 11) is -1.18. The van der Waals surface area contributed by atoms with Crippen LogP contribution in [-0.2, 0) is 37.8 Å². The lowest BCUT2D eigenvalue weighted by atomic mass is 9.95. The van der Waals surface area contributed by atoms with E-state index in [0.717, 1.165) is 46.0 Å². The van der Waals surface area contributed by atoms with Crippen molar-refractivity contribution in [1.29, 1.82) is 0 Å². The highest BCUT2D eigenvalue weighted by Crippen LogP contribution is 2.36. The van der Waals surface area contributed by atoms with Gasteiger partial charge in [0.05, 0.1) is 13.7 Å². The zero-order valence-corrected chi connectivity index (χ0v) is 30.5. The van der Waals surface area contributed by atoms with Gasteiger partial charge in [0.25, 0.3) is 5.91 Å². The number of methoxy groups -OCH3 is 1. The predicted octanol–water partition coefficient (Wildman–Crippen LogP) is 2.39. The van der Waals surface area contributed by atoms with Gasteiger partial charge < -0.3 is 39.5 Å². The SMILES string of the molecule is COC(=O)[C@H](COC(C)=O)NC(=O)[C@H](CO[Si](C)(C)C(C)(C)C)NC(=O)c1csc(N2CCC(NC(=O)CC3CCOCC3)CC2)n1. The Kier molecular flexibility index (Phi) is 14.2. The molecule has 2 aliphatic heterocycles. The summed E-state index contributed by atoms with van der Waals surface area (Å²) in [5, 5.41) is 10.6. The first kappa shape index (κ1) is 38.4. The second-order valence-corrected chi connectivity index (χ2v) is 19.2. The van der Waals surface area contributed by atoms with Gasteiger partial charge in [-0.25, -0.2) is 9.78 Å². The van der Waals surface area contributed by atoms with Crippen LogP contribution < -0.4 is 20.9 Å². The van der Waals surface area contributed by atoms with Crippen LogP contribution in [0, 0.1) is 5.92 Å². The molecule has 2 fully saturated rings. The summed E-state index contributed by atoms with van der Waals surface area (Å²) in [4.78, 5) is 69.6. The molecule has 2 saturated heterocycles. The van der Waals surface area contributed by atoms with Crippen molar-refractivity contribution in [1.82, 2.24) is 20.9 Å². The molecule has 2 aliphatic rings. The number of nitrogens with zero attached hydrogens (tertiary/aromatic N) is 2. The van der Waals surface area contributed by atoms with E-state index in [0.29, 0.717) is 30.6 Å². The van der Waals surface area contributed by atoms with E-state index in [-0.39, 0.29) is 29.3 Å². The minimum Gasteiger partial charge on any atom is -0.467 e. The van der Waals surface area contributed by atoms with Gasteiger partial charge in [-0.3, -0.25) is 19.2 Å². The van der Waals surface area contributed by atoms with Crippen LogP contribution in [0.15, 0.2) is 5.38 Å². The number of nitrogens with one attached hydrogen (secondary N) is 3. The molecule has 264 valence electrons. The third kappa shape index (κ3) is 11.8. The lowest BCUT2D eigenvalue weighted by Crippen LogP contribution is -2.56. The van der Waals surface area contributed by atoms with Gasteiger partial charge in [-0.05, 0) is 49.7 Å². The largest absolute Gasteiger partial charge is 0.467 e. The molecule has 0 spiro atoms. The number of thiazole rings is 1. The molecule has 3 heterocycles. The highest BCUT2D eigenvalue weighted by molar-refractivity contribution is 7.13. The van der Waals surface area contributed by atoms with Crippen LogP contribution in [0.25, 0.3) is 0 Å². The molecule has 0 saturated carbocycles. The maximum Gasteiger partial charge on any atom is 0.331 e. The summed E-state index contributed by atoms with van der Waals surface area (Å²) < 4.78 is 21.3. The Bertz CT molecular complexity index is 1240. The highest BCUT2D eigenvalue weighted by Gasteiger charge is 2.39. The molecular weight excluding hydrogens is 647 g/mol. The topological polar surface area (TPSA) is 174 Å². The Hall–Kier alpha value is -3.08. The Morgan fingerprint density at radius 3 is 2.30 bits per heavy atom. The Labute approximate surface area is 282 Å². The van der Waals surface area contributed by atoms with Crippen LogP contribution in [0.2, 0.25) is 18.1 Å². The van der Waals surface area contributed by atoms with Crippen molar-refractivity contribution >= 4 is 54.4 Å². The summed E-state index contributed by atoms with van der Waals surface area (Å²) in [5.41, 5.74) is 0.145. The van der Waals surface area contributed by atoms with Crippen LogP contribution in [0.5, 0.6) is 0 Å². The first-order chi connectivity index (χ1) is 22.1. The average molecular weight is 698 g/mol. The smallest absolute Gasteiger partial charge is 0.331 e. The van der Waals surface area contributed by atoms with E-state index in [1.807, 2.05) is 13.1 Å². The third-order valence-corrected chi connectivity index (χ3v) is 14.4. The Balaban J connectivity index is 1.62. The standard InChI is InChI=1S/C31H51N5O9SSi/c1-20(37)44-17-24(29(41)42-5)34-27(39)23(18-45-47(6,7)31(2,3)4)33-28(40)25-19-46-30(35-25)36-12-8-22(9-13-36)32-26(38)16-21-10-14-43-15-11-21/h19,21-24H,8-18H2,1-7H3,(H,32,38)(H,33,40)(H,34,39)/t23-,24-/m0/s1. The fourth-order valence-electron chi connectivity index (χ4n) is 4.94. The van der Waals surface area contributed by atoms with Crippen LogP contribution in [-0.4, -0.2) is 108 Å². The minimum atomic E-state index is -2.33. The van der Waals surface area contributed by atoms with Gasteiger partial charge in [0.1, 0.15) is 18.3 Å². The van der Waals surface area contributed by atoms with Crippen molar-refractivity contribution in [2.24, 2.45) is 5.92 Å². The number of carbonyl (C=O) groups excluding carboxylic acids is 5. The molecule has 1 aromatic rings. The summed E-state index contributed by atoms with van der Waals surface area (Å²) >= 11 is 1.33. The second-order valence-electron chi connectivity index (χ2n) is 13.6. The first-order valence-corrected chi connectivity index (χ1v) is 19.9. The van der Waals surface area contributed by atoms with Gasteiger partial charge in [-0.1, -0.05) is 20.8 Å². The number of carbonyl (C=O) groups is 5. The molecule has 2 atom stereocenters. The molecule has 16 heteroatoms. The molecule has 1 aromatic heterocycles. The van der Waals surface area contributed by atoms with Crippen LogP contribution in [0.4, 0.5) is 5.13 Å². The van der Waals surface area contributed by atoms with Gasteiger partial charge in [-0.2, -0.15) is 0 Å². The van der Waals surface area contributed by atoms with Crippen molar-refractivity contribution in [2.45, 2.75) is 96.1 Å². The second kappa shape index (κ2) is 17.4. The number of hydrogen-bond donors (Lipinski definition) is 3. The molecular formula is C31H51N5O9SSi. The summed E-state index contributed by atoms with van der Waals surface area (Å²) in [5.74, 6) is -2.24. The lowest BCUT2D eigenvalue weighted by molar-refractivity contribution is -0.151. The van der Waals surface area contributed by atoms with Crippen molar-refractivity contribution in [2.75, 3.05) is 51.5 Å². The third-order valence-electron chi connectivity index (χ3n) is 8.96. The van der Waals surface area contributed by atoms with Gasteiger partial charge in [0.2, 0.25) is 11.8 Å². The van der Waals surface area contributed by atoms with E-state index < -0.39 is 50.8 Å². The number of hydrogen-bond acceptors (Lipinski definition) is 12. The van der Waals surface area contributed by atoms with Crippen LogP contribution in [0.1, 0.15) is 70.3 Å². The predicted molar refractivity (Wildman–Crippen MR) is 179 cm³/mol. The minimum absolute atomic E-state index is 0.0870. The summed E-state index contributed by atoms with van der Waals surface area (Å²) in [6.45, 7) is 13.6. The fraction of sp³-hybridized carbons (Fsp3) is 0.742. The maximum atomic E-state index is 13.4. The van der Waals surface area contributed by atoms with E-state index in [2.05, 4.69) is 46.6 Å². The number of ether oxygens (including phenoxy) is 3. The molecule has 14 nitrogen and oxygen atoms in total. The quantitative estimate of drug-likeness (QED) is 0.192. The molecule has 3 amide bonds. The lowest BCUT2D eigenvalue weighted by Gasteiger charge is -2.37. The molecule has 0 aromatic carbocycles. The van der Waals surface area contributed by atoms with Crippen molar-refractivity contribution in [3.05, 3.63) is 11.1 Å². The molecule has 0 bridgehead atoms. The number of esters is 2. The summed E-state index contributed by atoms with van der Waals surface area (Å²) in [6, 6.07) is -2.35. The van der Waals surface area contributed by atoms with Crippen molar-refractivity contribution in [3.8, 4) is 0 Å². The molecule has 0 radical (unpaired) electrons. The van der Waals surface area contributed by atoms with Gasteiger partial charge in [0.15, 0.2) is 19.5 Å². The Morgan fingerprint density at radius 1 is 1.04 bits per heavy atom. The normalized spacial score (nSPS) is 17.7. The van der Waals surface area contributed by atoms with Gasteiger partial charge in [0, 0.05) is 51.1 Å². The molecule has 47 heavy (non-hydrogen) atoms. The zero-order chi connectivity index (χ0) is 34.8. The zero-order valence-electron chi connectivity index (χ0n) is 28.6. The van der Waals surface area contributed by atoms with E-state index in [4.69, 9.17) is 18.6 Å². The first-order valence-electron chi connectivity index (χ1n) is 16.1. The van der Waals surface area contributed by atoms with Crippen molar-refractivity contribution < 1.29 is 42.6 Å². The van der Waals surface area contributed by atoms with Crippen molar-refractivity contribution in [3.63, 3.8) is 0 Å². The van der Waals surface area contributed by atoms with E-state index >= 15 is 0 Å². The number of rotatable bonds is 14.